The van der Waals surface area contributed by atoms with Gasteiger partial charge in [0.2, 0.25) is 0 Å². The molecule has 0 aromatic carbocycles. The summed E-state index contributed by atoms with van der Waals surface area (Å²) in [5.74, 6) is 0.152. The molecule has 3 atom stereocenters. The van der Waals surface area contributed by atoms with E-state index in [1.54, 1.807) is 0 Å². The number of carboxylic acids is 1. The molecule has 0 radical (unpaired) electrons. The summed E-state index contributed by atoms with van der Waals surface area (Å²) in [5.41, 5.74) is 0. The minimum atomic E-state index is -0.680. The second-order valence-electron chi connectivity index (χ2n) is 6.49. The molecular formula is C16H32ClNO2. The van der Waals surface area contributed by atoms with Gasteiger partial charge < -0.3 is 10.0 Å². The van der Waals surface area contributed by atoms with Crippen LogP contribution in [0, 0.1) is 11.8 Å². The Balaban J connectivity index is 0.000000344. The highest BCUT2D eigenvalue weighted by Gasteiger charge is 2.33. The van der Waals surface area contributed by atoms with E-state index in [1.807, 2.05) is 6.92 Å². The molecule has 0 saturated carbocycles. The van der Waals surface area contributed by atoms with E-state index in [1.165, 1.54) is 32.1 Å². The lowest BCUT2D eigenvalue weighted by atomic mass is 9.90. The van der Waals surface area contributed by atoms with Gasteiger partial charge in [0, 0.05) is 18.5 Å². The predicted molar refractivity (Wildman–Crippen MR) is 86.5 cm³/mol. The molecule has 0 aliphatic carbocycles. The van der Waals surface area contributed by atoms with E-state index < -0.39 is 5.97 Å². The van der Waals surface area contributed by atoms with Gasteiger partial charge in [-0.15, -0.1) is 12.4 Å². The second kappa shape index (κ2) is 9.62. The highest BCUT2D eigenvalue weighted by molar-refractivity contribution is 5.85. The Labute approximate surface area is 130 Å². The average Bonchev–Trinajstić information content (AvgIpc) is 2.58. The Hall–Kier alpha value is -0.280. The molecule has 2 fully saturated rings. The van der Waals surface area contributed by atoms with E-state index in [2.05, 4.69) is 25.8 Å². The zero-order chi connectivity index (χ0) is 14.4. The van der Waals surface area contributed by atoms with E-state index in [4.69, 9.17) is 5.11 Å². The number of hydrogen-bond donors (Lipinski definition) is 1. The van der Waals surface area contributed by atoms with Gasteiger partial charge in [0.1, 0.15) is 0 Å². The zero-order valence-electron chi connectivity index (χ0n) is 13.5. The number of halogens is 1. The molecular weight excluding hydrogens is 274 g/mol. The van der Waals surface area contributed by atoms with E-state index in [0.717, 1.165) is 18.5 Å². The summed E-state index contributed by atoms with van der Waals surface area (Å²) < 4.78 is 0. The van der Waals surface area contributed by atoms with Crippen LogP contribution < -0.4 is 0 Å². The number of fused-ring (bicyclic) bond motifs is 2. The van der Waals surface area contributed by atoms with Crippen molar-refractivity contribution in [2.24, 2.45) is 11.8 Å². The van der Waals surface area contributed by atoms with Crippen molar-refractivity contribution in [3.63, 3.8) is 0 Å². The molecule has 20 heavy (non-hydrogen) atoms. The third-order valence-corrected chi connectivity index (χ3v) is 4.96. The third-order valence-electron chi connectivity index (χ3n) is 4.96. The van der Waals surface area contributed by atoms with Crippen molar-refractivity contribution >= 4 is 18.4 Å². The van der Waals surface area contributed by atoms with E-state index in [0.29, 0.717) is 18.3 Å². The minimum Gasteiger partial charge on any atom is -0.481 e. The lowest BCUT2D eigenvalue weighted by Gasteiger charge is -2.30. The molecule has 120 valence electrons. The molecule has 0 spiro atoms. The molecule has 0 aromatic heterocycles. The van der Waals surface area contributed by atoms with Crippen LogP contribution in [0.3, 0.4) is 0 Å². The van der Waals surface area contributed by atoms with Crippen molar-refractivity contribution in [1.29, 1.82) is 0 Å². The minimum absolute atomic E-state index is 0. The van der Waals surface area contributed by atoms with Crippen LogP contribution >= 0.6 is 12.4 Å². The first-order valence-electron chi connectivity index (χ1n) is 7.89. The number of rotatable bonds is 4. The molecule has 2 bridgehead atoms. The van der Waals surface area contributed by atoms with E-state index in [9.17, 15) is 4.79 Å². The van der Waals surface area contributed by atoms with E-state index in [-0.39, 0.29) is 12.4 Å². The Kier molecular flexibility index (Phi) is 9.48. The lowest BCUT2D eigenvalue weighted by molar-refractivity contribution is -0.138. The molecule has 2 rings (SSSR count). The molecule has 0 aromatic rings. The summed E-state index contributed by atoms with van der Waals surface area (Å²) in [4.78, 5) is 12.9. The fourth-order valence-electron chi connectivity index (χ4n) is 3.45. The fourth-order valence-corrected chi connectivity index (χ4v) is 3.45. The van der Waals surface area contributed by atoms with Gasteiger partial charge in [-0.3, -0.25) is 4.79 Å². The Bertz CT molecular complexity index is 268. The van der Waals surface area contributed by atoms with Crippen molar-refractivity contribution in [2.75, 3.05) is 7.05 Å². The summed E-state index contributed by atoms with van der Waals surface area (Å²) in [6.07, 6.45) is 8.64. The normalized spacial score (nSPS) is 26.4. The van der Waals surface area contributed by atoms with Crippen LogP contribution in [-0.4, -0.2) is 35.1 Å². The monoisotopic (exact) mass is 305 g/mol. The van der Waals surface area contributed by atoms with E-state index >= 15 is 0 Å². The Morgan fingerprint density at radius 3 is 1.95 bits per heavy atom. The number of nitrogens with zero attached hydrogens (tertiary/aromatic N) is 1. The highest BCUT2D eigenvalue weighted by Crippen LogP contribution is 2.33. The zero-order valence-corrected chi connectivity index (χ0v) is 14.3. The number of piperidine rings is 1. The number of carbonyl (C=O) groups is 1. The van der Waals surface area contributed by atoms with Gasteiger partial charge in [0.25, 0.3) is 0 Å². The molecule has 4 heteroatoms. The fraction of sp³-hybridized carbons (Fsp3) is 0.938. The first kappa shape index (κ1) is 19.7. The third kappa shape index (κ3) is 6.01. The van der Waals surface area contributed by atoms with Crippen molar-refractivity contribution in [3.05, 3.63) is 0 Å². The first-order valence-corrected chi connectivity index (χ1v) is 7.89. The maximum Gasteiger partial charge on any atom is 0.303 e. The van der Waals surface area contributed by atoms with Gasteiger partial charge in [-0.1, -0.05) is 33.6 Å². The molecule has 2 heterocycles. The Morgan fingerprint density at radius 1 is 1.20 bits per heavy atom. The first-order chi connectivity index (χ1) is 8.95. The van der Waals surface area contributed by atoms with Crippen LogP contribution in [0.1, 0.15) is 65.7 Å². The van der Waals surface area contributed by atoms with Crippen LogP contribution in [0.4, 0.5) is 0 Å². The molecule has 2 aliphatic rings. The summed E-state index contributed by atoms with van der Waals surface area (Å²) in [6, 6.07) is 1.92. The number of aliphatic carboxylic acids is 1. The summed E-state index contributed by atoms with van der Waals surface area (Å²) in [5, 5.41) is 8.46. The molecule has 3 nitrogen and oxygen atoms in total. The predicted octanol–water partition coefficient (Wildman–Crippen LogP) is 4.20. The Morgan fingerprint density at radius 2 is 1.70 bits per heavy atom. The van der Waals surface area contributed by atoms with Crippen LogP contribution in [0.15, 0.2) is 0 Å². The van der Waals surface area contributed by atoms with Crippen molar-refractivity contribution in [3.8, 4) is 0 Å². The average molecular weight is 306 g/mol. The molecule has 1 N–H and O–H groups in total. The maximum absolute atomic E-state index is 10.3. The van der Waals surface area contributed by atoms with Crippen LogP contribution in [0.5, 0.6) is 0 Å². The smallest absolute Gasteiger partial charge is 0.303 e. The summed E-state index contributed by atoms with van der Waals surface area (Å²) in [6.45, 7) is 6.17. The maximum atomic E-state index is 10.3. The van der Waals surface area contributed by atoms with Crippen molar-refractivity contribution < 1.29 is 9.90 Å². The van der Waals surface area contributed by atoms with Crippen molar-refractivity contribution in [1.82, 2.24) is 4.90 Å². The van der Waals surface area contributed by atoms with Gasteiger partial charge in [-0.25, -0.2) is 0 Å². The number of carboxylic acid groups (broad SMARTS) is 1. The molecule has 2 aliphatic heterocycles. The van der Waals surface area contributed by atoms with Crippen LogP contribution in [0.2, 0.25) is 0 Å². The summed E-state index contributed by atoms with van der Waals surface area (Å²) in [7, 11) is 2.29. The second-order valence-corrected chi connectivity index (χ2v) is 6.49. The standard InChI is InChI=1S/C8H15N.C8H16O2.ClH/c1-9-7-3-2-4-8(9)6-5-7;1-4-7(6(2)3)5-8(9)10;/h7-8H,2-6H2,1H3;6-7H,4-5H2,1-3H3,(H,9,10);1H. The van der Waals surface area contributed by atoms with Gasteiger partial charge in [0.05, 0.1) is 0 Å². The van der Waals surface area contributed by atoms with Crippen molar-refractivity contribution in [2.45, 2.75) is 77.8 Å². The molecule has 2 saturated heterocycles. The topological polar surface area (TPSA) is 40.5 Å². The number of hydrogen-bond acceptors (Lipinski definition) is 2. The SMILES string of the molecule is CCC(CC(=O)O)C(C)C.CN1C2CCCC1CC2.Cl. The van der Waals surface area contributed by atoms with Gasteiger partial charge in [-0.05, 0) is 44.6 Å². The summed E-state index contributed by atoms with van der Waals surface area (Å²) >= 11 is 0. The van der Waals surface area contributed by atoms with Crippen LogP contribution in [-0.2, 0) is 4.79 Å². The largest absolute Gasteiger partial charge is 0.481 e. The van der Waals surface area contributed by atoms with Crippen LogP contribution in [0.25, 0.3) is 0 Å². The quantitative estimate of drug-likeness (QED) is 0.846. The molecule has 0 amide bonds. The van der Waals surface area contributed by atoms with Gasteiger partial charge in [0.15, 0.2) is 0 Å². The van der Waals surface area contributed by atoms with Gasteiger partial charge >= 0.3 is 5.97 Å². The highest BCUT2D eigenvalue weighted by atomic mass is 35.5. The molecule has 3 unspecified atom stereocenters. The lowest BCUT2D eigenvalue weighted by Crippen LogP contribution is -2.35. The van der Waals surface area contributed by atoms with Gasteiger partial charge in [-0.2, -0.15) is 0 Å².